The number of ether oxygens (including phenoxy) is 1. The predicted molar refractivity (Wildman–Crippen MR) is 86.8 cm³/mol. The van der Waals surface area contributed by atoms with Crippen molar-refractivity contribution >= 4 is 5.91 Å². The van der Waals surface area contributed by atoms with Crippen LogP contribution in [0.5, 0.6) is 0 Å². The van der Waals surface area contributed by atoms with Gasteiger partial charge in [0.1, 0.15) is 12.7 Å². The highest BCUT2D eigenvalue weighted by molar-refractivity contribution is 5.94. The van der Waals surface area contributed by atoms with Crippen molar-refractivity contribution < 1.29 is 9.53 Å². The summed E-state index contributed by atoms with van der Waals surface area (Å²) in [5.41, 5.74) is 0.608. The molecule has 2 fully saturated rings. The molecule has 3 heterocycles. The van der Waals surface area contributed by atoms with Crippen LogP contribution in [-0.2, 0) is 4.74 Å². The minimum absolute atomic E-state index is 0.0354. The van der Waals surface area contributed by atoms with E-state index in [1.807, 2.05) is 4.90 Å². The molecule has 2 aromatic heterocycles. The second-order valence-electron chi connectivity index (χ2n) is 6.51. The number of rotatable bonds is 5. The first-order valence-corrected chi connectivity index (χ1v) is 8.51. The average molecular weight is 327 g/mol. The number of pyridine rings is 1. The van der Waals surface area contributed by atoms with E-state index in [0.29, 0.717) is 17.5 Å². The van der Waals surface area contributed by atoms with Gasteiger partial charge in [-0.15, -0.1) is 0 Å². The Balaban J connectivity index is 1.32. The van der Waals surface area contributed by atoms with Crippen LogP contribution in [0.2, 0.25) is 0 Å². The fourth-order valence-corrected chi connectivity index (χ4v) is 2.94. The zero-order valence-corrected chi connectivity index (χ0v) is 13.5. The van der Waals surface area contributed by atoms with Gasteiger partial charge in [0, 0.05) is 25.9 Å². The first-order chi connectivity index (χ1) is 11.8. The molecule has 0 unspecified atom stereocenters. The molecule has 1 aliphatic carbocycles. The molecule has 0 atom stereocenters. The SMILES string of the molecule is O=C(c1ccc(-n2cncn2)nc1)N1CCC(OCC2CC2)CC1. The largest absolute Gasteiger partial charge is 0.378 e. The second-order valence-corrected chi connectivity index (χ2v) is 6.51. The molecule has 7 heteroatoms. The van der Waals surface area contributed by atoms with Gasteiger partial charge in [-0.3, -0.25) is 4.79 Å². The van der Waals surface area contributed by atoms with E-state index in [2.05, 4.69) is 15.1 Å². The number of hydrogen-bond donors (Lipinski definition) is 0. The molecule has 24 heavy (non-hydrogen) atoms. The van der Waals surface area contributed by atoms with Gasteiger partial charge in [0.15, 0.2) is 5.82 Å². The summed E-state index contributed by atoms with van der Waals surface area (Å²) in [7, 11) is 0. The molecule has 0 N–H and O–H groups in total. The van der Waals surface area contributed by atoms with Crippen molar-refractivity contribution in [3.63, 3.8) is 0 Å². The van der Waals surface area contributed by atoms with Gasteiger partial charge in [-0.2, -0.15) is 5.10 Å². The van der Waals surface area contributed by atoms with E-state index in [9.17, 15) is 4.79 Å². The molecular weight excluding hydrogens is 306 g/mol. The Morgan fingerprint density at radius 3 is 2.67 bits per heavy atom. The van der Waals surface area contributed by atoms with Crippen molar-refractivity contribution in [1.29, 1.82) is 0 Å². The maximum absolute atomic E-state index is 12.6. The van der Waals surface area contributed by atoms with Crippen LogP contribution < -0.4 is 0 Å². The Kier molecular flexibility index (Phi) is 4.25. The standard InChI is InChI=1S/C17H21N5O2/c23-17(14-3-4-16(19-9-14)22-12-18-11-20-22)21-7-5-15(6-8-21)24-10-13-1-2-13/h3-4,9,11-13,15H,1-2,5-8,10H2. The quantitative estimate of drug-likeness (QED) is 0.835. The van der Waals surface area contributed by atoms with Crippen LogP contribution in [0.15, 0.2) is 31.0 Å². The molecule has 4 rings (SSSR count). The van der Waals surface area contributed by atoms with E-state index in [1.165, 1.54) is 19.2 Å². The van der Waals surface area contributed by atoms with Gasteiger partial charge in [0.25, 0.3) is 5.91 Å². The normalized spacial score (nSPS) is 18.8. The van der Waals surface area contributed by atoms with Crippen LogP contribution in [0.3, 0.4) is 0 Å². The molecular formula is C17H21N5O2. The number of aromatic nitrogens is 4. The number of amides is 1. The van der Waals surface area contributed by atoms with Gasteiger partial charge in [-0.05, 0) is 43.7 Å². The van der Waals surface area contributed by atoms with Crippen LogP contribution in [0, 0.1) is 5.92 Å². The Morgan fingerprint density at radius 2 is 2.04 bits per heavy atom. The zero-order chi connectivity index (χ0) is 16.4. The van der Waals surface area contributed by atoms with Gasteiger partial charge in [0.05, 0.1) is 11.7 Å². The third-order valence-electron chi connectivity index (χ3n) is 4.64. The van der Waals surface area contributed by atoms with E-state index in [4.69, 9.17) is 4.74 Å². The highest BCUT2D eigenvalue weighted by Gasteiger charge is 2.27. The molecule has 1 aliphatic heterocycles. The summed E-state index contributed by atoms with van der Waals surface area (Å²) < 4.78 is 7.50. The van der Waals surface area contributed by atoms with Crippen LogP contribution in [-0.4, -0.2) is 56.4 Å². The summed E-state index contributed by atoms with van der Waals surface area (Å²) in [6.07, 6.45) is 9.42. The lowest BCUT2D eigenvalue weighted by molar-refractivity contribution is 0.00410. The molecule has 7 nitrogen and oxygen atoms in total. The summed E-state index contributed by atoms with van der Waals surface area (Å²) in [5, 5.41) is 4.03. The topological polar surface area (TPSA) is 73.1 Å². The fourth-order valence-electron chi connectivity index (χ4n) is 2.94. The molecule has 1 saturated carbocycles. The zero-order valence-electron chi connectivity index (χ0n) is 13.5. The monoisotopic (exact) mass is 327 g/mol. The van der Waals surface area contributed by atoms with E-state index in [0.717, 1.165) is 38.5 Å². The van der Waals surface area contributed by atoms with Crippen LogP contribution in [0.1, 0.15) is 36.0 Å². The molecule has 126 valence electrons. The van der Waals surface area contributed by atoms with Gasteiger partial charge in [0.2, 0.25) is 0 Å². The van der Waals surface area contributed by atoms with Crippen molar-refractivity contribution in [2.45, 2.75) is 31.8 Å². The number of piperidine rings is 1. The minimum atomic E-state index is 0.0354. The first kappa shape index (κ1) is 15.3. The van der Waals surface area contributed by atoms with Gasteiger partial charge in [-0.1, -0.05) is 0 Å². The maximum Gasteiger partial charge on any atom is 0.255 e. The predicted octanol–water partition coefficient (Wildman–Crippen LogP) is 1.69. The summed E-state index contributed by atoms with van der Waals surface area (Å²) in [5.74, 6) is 1.48. The summed E-state index contributed by atoms with van der Waals surface area (Å²) in [6, 6.07) is 3.58. The molecule has 0 aromatic carbocycles. The van der Waals surface area contributed by atoms with Gasteiger partial charge < -0.3 is 9.64 Å². The fraction of sp³-hybridized carbons (Fsp3) is 0.529. The molecule has 0 bridgehead atoms. The highest BCUT2D eigenvalue weighted by atomic mass is 16.5. The van der Waals surface area contributed by atoms with Gasteiger partial charge in [-0.25, -0.2) is 14.6 Å². The number of carbonyl (C=O) groups excluding carboxylic acids is 1. The van der Waals surface area contributed by atoms with E-state index >= 15 is 0 Å². The molecule has 1 amide bonds. The lowest BCUT2D eigenvalue weighted by atomic mass is 10.1. The molecule has 1 saturated heterocycles. The smallest absolute Gasteiger partial charge is 0.255 e. The van der Waals surface area contributed by atoms with Gasteiger partial charge >= 0.3 is 0 Å². The third kappa shape index (κ3) is 3.46. The van der Waals surface area contributed by atoms with Crippen molar-refractivity contribution in [2.75, 3.05) is 19.7 Å². The molecule has 2 aliphatic rings. The summed E-state index contributed by atoms with van der Waals surface area (Å²) >= 11 is 0. The van der Waals surface area contributed by atoms with Crippen molar-refractivity contribution in [2.24, 2.45) is 5.92 Å². The van der Waals surface area contributed by atoms with Crippen LogP contribution in [0.4, 0.5) is 0 Å². The lowest BCUT2D eigenvalue weighted by Crippen LogP contribution is -2.41. The van der Waals surface area contributed by atoms with E-state index < -0.39 is 0 Å². The minimum Gasteiger partial charge on any atom is -0.378 e. The summed E-state index contributed by atoms with van der Waals surface area (Å²) in [6.45, 7) is 2.39. The second kappa shape index (κ2) is 6.68. The van der Waals surface area contributed by atoms with E-state index in [-0.39, 0.29) is 5.91 Å². The van der Waals surface area contributed by atoms with Crippen LogP contribution >= 0.6 is 0 Å². The number of hydrogen-bond acceptors (Lipinski definition) is 5. The number of likely N-dealkylation sites (tertiary alicyclic amines) is 1. The molecule has 2 aromatic rings. The maximum atomic E-state index is 12.6. The Morgan fingerprint density at radius 1 is 1.21 bits per heavy atom. The Labute approximate surface area is 140 Å². The Bertz CT molecular complexity index is 674. The lowest BCUT2D eigenvalue weighted by Gasteiger charge is -2.32. The summed E-state index contributed by atoms with van der Waals surface area (Å²) in [4.78, 5) is 22.7. The van der Waals surface area contributed by atoms with Crippen molar-refractivity contribution in [3.8, 4) is 5.82 Å². The number of nitrogens with zero attached hydrogens (tertiary/aromatic N) is 5. The first-order valence-electron chi connectivity index (χ1n) is 8.51. The Hall–Kier alpha value is -2.28. The van der Waals surface area contributed by atoms with Crippen molar-refractivity contribution in [3.05, 3.63) is 36.5 Å². The van der Waals surface area contributed by atoms with Crippen molar-refractivity contribution in [1.82, 2.24) is 24.6 Å². The third-order valence-corrected chi connectivity index (χ3v) is 4.64. The number of carbonyl (C=O) groups is 1. The molecule has 0 spiro atoms. The molecule has 0 radical (unpaired) electrons. The highest BCUT2D eigenvalue weighted by Crippen LogP contribution is 2.30. The average Bonchev–Trinajstić information content (AvgIpc) is 3.31. The van der Waals surface area contributed by atoms with Crippen LogP contribution in [0.25, 0.3) is 5.82 Å². The van der Waals surface area contributed by atoms with E-state index in [1.54, 1.807) is 29.3 Å².